The first-order chi connectivity index (χ1) is 45.1. The van der Waals surface area contributed by atoms with Gasteiger partial charge in [0.2, 0.25) is 0 Å². The molecular weight excluding hydrogens is 1170 g/mol. The minimum absolute atomic E-state index is 0.727. The number of fused-ring (bicyclic) bond motifs is 12. The smallest absolute Gasteiger partial charge is 0.160 e. The summed E-state index contributed by atoms with van der Waals surface area (Å²) in [5.41, 5.74) is 22.1. The van der Waals surface area contributed by atoms with Gasteiger partial charge in [0, 0.05) is 64.4 Å². The zero-order chi connectivity index (χ0) is 60.6. The highest BCUT2D eigenvalue weighted by atomic mass is 79.9. The molecule has 1 aliphatic rings. The Morgan fingerprint density at radius 1 is 0.253 bits per heavy atom. The molecule has 3 heterocycles. The van der Waals surface area contributed by atoms with E-state index in [-0.39, 0.29) is 0 Å². The average molecular weight is 1230 g/mol. The van der Waals surface area contributed by atoms with Crippen molar-refractivity contribution in [2.75, 3.05) is 0 Å². The molecule has 428 valence electrons. The fraction of sp³-hybridized carbons (Fsp3) is 0.0118. The van der Waals surface area contributed by atoms with Crippen molar-refractivity contribution in [2.24, 2.45) is 0 Å². The first kappa shape index (κ1) is 54.9. The fourth-order valence-electron chi connectivity index (χ4n) is 13.1. The predicted molar refractivity (Wildman–Crippen MR) is 383 cm³/mol. The number of halogens is 1. The highest BCUT2D eigenvalue weighted by Crippen LogP contribution is 2.43. The molecule has 17 aromatic rings. The topological polar surface area (TPSA) is 56.5 Å². The van der Waals surface area contributed by atoms with Crippen LogP contribution < -0.4 is 0 Å². The first-order valence-corrected chi connectivity index (χ1v) is 31.6. The molecule has 5 nitrogen and oxygen atoms in total. The molecule has 0 N–H and O–H groups in total. The van der Waals surface area contributed by atoms with E-state index in [0.29, 0.717) is 0 Å². The van der Waals surface area contributed by atoms with Gasteiger partial charge in [-0.3, -0.25) is 0 Å². The maximum absolute atomic E-state index is 5.23. The molecule has 1 aliphatic carbocycles. The number of rotatable bonds is 7. The van der Waals surface area contributed by atoms with Crippen molar-refractivity contribution in [3.05, 3.63) is 343 Å². The molecule has 0 saturated carbocycles. The van der Waals surface area contributed by atoms with Crippen LogP contribution >= 0.6 is 15.9 Å². The van der Waals surface area contributed by atoms with Crippen LogP contribution in [0.4, 0.5) is 0 Å². The Bertz CT molecular complexity index is 5540. The lowest BCUT2D eigenvalue weighted by molar-refractivity contribution is 1.19. The first-order valence-electron chi connectivity index (χ1n) is 30.8. The molecule has 6 heteroatoms. The molecule has 0 fully saturated rings. The Morgan fingerprint density at radius 2 is 0.659 bits per heavy atom. The molecule has 18 rings (SSSR count). The second-order valence-electron chi connectivity index (χ2n) is 22.9. The van der Waals surface area contributed by atoms with Gasteiger partial charge in [-0.05, 0) is 92.7 Å². The number of para-hydroxylation sites is 1. The van der Waals surface area contributed by atoms with E-state index in [2.05, 4.69) is 287 Å². The lowest BCUT2D eigenvalue weighted by atomic mass is 9.99. The summed E-state index contributed by atoms with van der Waals surface area (Å²) < 4.78 is 3.47. The van der Waals surface area contributed by atoms with E-state index in [0.717, 1.165) is 105 Å². The van der Waals surface area contributed by atoms with Crippen molar-refractivity contribution in [1.82, 2.24) is 24.5 Å². The molecule has 0 radical (unpaired) electrons. The number of hydrogen-bond acceptors (Lipinski definition) is 4. The molecule has 3 aromatic heterocycles. The van der Waals surface area contributed by atoms with E-state index in [1.807, 2.05) is 60.7 Å². The van der Waals surface area contributed by atoms with Crippen LogP contribution in [0.1, 0.15) is 11.1 Å². The van der Waals surface area contributed by atoms with Crippen LogP contribution in [0.2, 0.25) is 0 Å². The van der Waals surface area contributed by atoms with Crippen LogP contribution in [0.5, 0.6) is 0 Å². The summed E-state index contributed by atoms with van der Waals surface area (Å²) in [5.74, 6) is 1.47. The van der Waals surface area contributed by atoms with Gasteiger partial charge in [0.05, 0.1) is 39.1 Å². The molecular formula is C85H56BrN5. The maximum Gasteiger partial charge on any atom is 0.160 e. The monoisotopic (exact) mass is 1230 g/mol. The van der Waals surface area contributed by atoms with Crippen LogP contribution in [0, 0.1) is 0 Å². The summed E-state index contributed by atoms with van der Waals surface area (Å²) in [6.45, 7) is 0. The van der Waals surface area contributed by atoms with Crippen molar-refractivity contribution in [3.8, 4) is 84.4 Å². The normalized spacial score (nSPS) is 11.5. The zero-order valence-corrected chi connectivity index (χ0v) is 51.1. The Hall–Kier alpha value is -11.4. The van der Waals surface area contributed by atoms with Crippen molar-refractivity contribution >= 4 is 81.1 Å². The van der Waals surface area contributed by atoms with E-state index in [1.54, 1.807) is 0 Å². The predicted octanol–water partition coefficient (Wildman–Crippen LogP) is 22.7. The van der Waals surface area contributed by atoms with Crippen molar-refractivity contribution < 1.29 is 0 Å². The van der Waals surface area contributed by atoms with Gasteiger partial charge in [-0.1, -0.05) is 307 Å². The molecule has 0 atom stereocenters. The van der Waals surface area contributed by atoms with Gasteiger partial charge in [-0.25, -0.2) is 19.9 Å². The number of hydrogen-bond donors (Lipinski definition) is 0. The van der Waals surface area contributed by atoms with Crippen LogP contribution in [-0.2, 0) is 6.42 Å². The number of benzene rings is 14. The molecule has 0 saturated heterocycles. The number of aromatic nitrogens is 5. The quantitative estimate of drug-likeness (QED) is 0.149. The van der Waals surface area contributed by atoms with Crippen LogP contribution in [-0.4, -0.2) is 24.5 Å². The molecule has 0 aliphatic heterocycles. The molecule has 0 unspecified atom stereocenters. The standard InChI is InChI=1S/C42H27N3.C24H15BrN2.C19H14/c1-4-14-28(15-5-1)31-24-25-38-35(26-31)33-21-12-13-23-37(33)45(38)39-27-36-40(29-16-6-2-7-17-29)43-42(30-18-8-3-9-19-30)44-41(36)34-22-11-10-20-32(34)39;25-21-15-20-22(16-9-3-1-4-10-16)26-24(17-11-5-2-6-12-17)27-23(20)19-14-8-7-13-18(19)21;1-2-6-14(7-3-1)15-10-11-17-12-16-8-4-5-9-18(16)19(17)13-15/h1-27H;1-15H;1-11,13H,12H2. The van der Waals surface area contributed by atoms with Crippen molar-refractivity contribution in [3.63, 3.8) is 0 Å². The lowest BCUT2D eigenvalue weighted by Gasteiger charge is -2.17. The summed E-state index contributed by atoms with van der Waals surface area (Å²) in [5, 5.41) is 9.07. The second-order valence-corrected chi connectivity index (χ2v) is 23.8. The van der Waals surface area contributed by atoms with E-state index < -0.39 is 0 Å². The summed E-state index contributed by atoms with van der Waals surface area (Å²) >= 11 is 3.73. The van der Waals surface area contributed by atoms with Crippen LogP contribution in [0.15, 0.2) is 332 Å². The SMILES string of the molecule is Brc1cc2c(-c3ccccc3)nc(-c3ccccc3)nc2c2ccccc12.c1ccc(-c2ccc3c(c2)-c2ccccc2C3)cc1.c1ccc(-c2ccc3c(c2)c2ccccc2n3-c2cc3c(-c4ccccc4)nc(-c4ccccc4)nc3c3ccccc23)cc1. The minimum Gasteiger partial charge on any atom is -0.309 e. The van der Waals surface area contributed by atoms with Crippen LogP contribution in [0.3, 0.4) is 0 Å². The third-order valence-corrected chi connectivity index (χ3v) is 18.1. The van der Waals surface area contributed by atoms with E-state index >= 15 is 0 Å². The van der Waals surface area contributed by atoms with Gasteiger partial charge in [0.1, 0.15) is 0 Å². The van der Waals surface area contributed by atoms with Crippen molar-refractivity contribution in [2.45, 2.75) is 6.42 Å². The molecule has 14 aromatic carbocycles. The van der Waals surface area contributed by atoms with Gasteiger partial charge in [-0.2, -0.15) is 0 Å². The third-order valence-electron chi connectivity index (χ3n) is 17.4. The van der Waals surface area contributed by atoms with Gasteiger partial charge >= 0.3 is 0 Å². The largest absolute Gasteiger partial charge is 0.309 e. The van der Waals surface area contributed by atoms with Gasteiger partial charge in [0.25, 0.3) is 0 Å². The molecule has 0 spiro atoms. The minimum atomic E-state index is 0.727. The Kier molecular flexibility index (Phi) is 14.4. The third kappa shape index (κ3) is 10.4. The van der Waals surface area contributed by atoms with Gasteiger partial charge in [0.15, 0.2) is 11.6 Å². The highest BCUT2D eigenvalue weighted by molar-refractivity contribution is 9.10. The van der Waals surface area contributed by atoms with Gasteiger partial charge < -0.3 is 4.57 Å². The highest BCUT2D eigenvalue weighted by Gasteiger charge is 2.22. The van der Waals surface area contributed by atoms with Crippen molar-refractivity contribution in [1.29, 1.82) is 0 Å². The summed E-state index contributed by atoms with van der Waals surface area (Å²) in [7, 11) is 0. The number of nitrogens with zero attached hydrogens (tertiary/aromatic N) is 5. The molecule has 0 amide bonds. The fourth-order valence-corrected chi connectivity index (χ4v) is 13.7. The van der Waals surface area contributed by atoms with E-state index in [9.17, 15) is 0 Å². The second kappa shape index (κ2) is 23.9. The van der Waals surface area contributed by atoms with Gasteiger partial charge in [-0.15, -0.1) is 0 Å². The average Bonchev–Trinajstić information content (AvgIpc) is 1.77. The summed E-state index contributed by atoms with van der Waals surface area (Å²) in [4.78, 5) is 20.4. The molecule has 91 heavy (non-hydrogen) atoms. The van der Waals surface area contributed by atoms with E-state index in [4.69, 9.17) is 19.9 Å². The Labute approximate surface area is 536 Å². The Balaban J connectivity index is 0.000000121. The molecule has 0 bridgehead atoms. The van der Waals surface area contributed by atoms with Crippen LogP contribution in [0.25, 0.3) is 150 Å². The zero-order valence-electron chi connectivity index (χ0n) is 49.5. The lowest BCUT2D eigenvalue weighted by Crippen LogP contribution is -2.00. The maximum atomic E-state index is 5.23. The summed E-state index contributed by atoms with van der Waals surface area (Å²) in [6.07, 6.45) is 1.07. The van der Waals surface area contributed by atoms with E-state index in [1.165, 1.54) is 66.3 Å². The Morgan fingerprint density at radius 3 is 1.23 bits per heavy atom. The summed E-state index contributed by atoms with van der Waals surface area (Å²) in [6, 6.07) is 115.